The van der Waals surface area contributed by atoms with E-state index in [1.807, 2.05) is 30.3 Å². The number of halogens is 1. The Morgan fingerprint density at radius 2 is 1.81 bits per heavy atom. The molecule has 0 aromatic heterocycles. The van der Waals surface area contributed by atoms with Gasteiger partial charge in [0.1, 0.15) is 12.4 Å². The Bertz CT molecular complexity index is 598. The highest BCUT2D eigenvalue weighted by Gasteiger charge is 2.12. The second-order valence-electron chi connectivity index (χ2n) is 5.32. The lowest BCUT2D eigenvalue weighted by Gasteiger charge is -2.16. The van der Waals surface area contributed by atoms with E-state index in [9.17, 15) is 0 Å². The minimum absolute atomic E-state index is 0.129. The molecule has 2 N–H and O–H groups in total. The summed E-state index contributed by atoms with van der Waals surface area (Å²) in [6, 6.07) is 14.2. The second-order valence-corrected chi connectivity index (χ2v) is 5.72. The van der Waals surface area contributed by atoms with Gasteiger partial charge in [0.15, 0.2) is 0 Å². The largest absolute Gasteiger partial charge is 0.487 e. The van der Waals surface area contributed by atoms with E-state index in [2.05, 4.69) is 26.0 Å². The van der Waals surface area contributed by atoms with Crippen LogP contribution in [0.3, 0.4) is 0 Å². The van der Waals surface area contributed by atoms with Crippen LogP contribution in [0.25, 0.3) is 0 Å². The molecule has 2 aromatic carbocycles. The van der Waals surface area contributed by atoms with E-state index in [-0.39, 0.29) is 6.04 Å². The lowest BCUT2D eigenvalue weighted by atomic mass is 10.0. The summed E-state index contributed by atoms with van der Waals surface area (Å²) in [5.74, 6) is 0.756. The molecule has 1 unspecified atom stereocenters. The van der Waals surface area contributed by atoms with Gasteiger partial charge in [-0.15, -0.1) is 0 Å². The number of rotatable bonds is 6. The number of benzene rings is 2. The van der Waals surface area contributed by atoms with Gasteiger partial charge < -0.3 is 10.5 Å². The Hall–Kier alpha value is -1.51. The third-order valence-corrected chi connectivity index (χ3v) is 3.99. The molecule has 3 heteroatoms. The summed E-state index contributed by atoms with van der Waals surface area (Å²) >= 11 is 6.30. The van der Waals surface area contributed by atoms with Crippen molar-refractivity contribution in [2.24, 2.45) is 5.73 Å². The van der Waals surface area contributed by atoms with Crippen LogP contribution < -0.4 is 10.5 Å². The molecule has 21 heavy (non-hydrogen) atoms. The molecule has 0 fully saturated rings. The van der Waals surface area contributed by atoms with Crippen molar-refractivity contribution in [1.82, 2.24) is 0 Å². The van der Waals surface area contributed by atoms with Crippen molar-refractivity contribution < 1.29 is 4.74 Å². The van der Waals surface area contributed by atoms with Gasteiger partial charge in [0.25, 0.3) is 0 Å². The van der Waals surface area contributed by atoms with Crippen LogP contribution >= 0.6 is 11.6 Å². The number of nitrogens with two attached hydrogens (primary N) is 1. The quantitative estimate of drug-likeness (QED) is 0.852. The van der Waals surface area contributed by atoms with E-state index in [1.165, 1.54) is 11.1 Å². The molecule has 0 spiro atoms. The van der Waals surface area contributed by atoms with Gasteiger partial charge >= 0.3 is 0 Å². The van der Waals surface area contributed by atoms with Crippen LogP contribution in [-0.2, 0) is 13.0 Å². The Balaban J connectivity index is 2.17. The topological polar surface area (TPSA) is 35.2 Å². The molecule has 1 atom stereocenters. The molecular formula is C18H22ClNO. The van der Waals surface area contributed by atoms with Crippen molar-refractivity contribution in [3.63, 3.8) is 0 Å². The molecule has 0 saturated carbocycles. The molecule has 0 aliphatic carbocycles. The van der Waals surface area contributed by atoms with Crippen LogP contribution in [0.15, 0.2) is 42.5 Å². The fourth-order valence-corrected chi connectivity index (χ4v) is 2.47. The zero-order chi connectivity index (χ0) is 15.2. The Morgan fingerprint density at radius 3 is 2.52 bits per heavy atom. The summed E-state index contributed by atoms with van der Waals surface area (Å²) in [7, 11) is 0. The number of hydrogen-bond acceptors (Lipinski definition) is 2. The van der Waals surface area contributed by atoms with Crippen molar-refractivity contribution in [3.8, 4) is 5.75 Å². The van der Waals surface area contributed by atoms with Gasteiger partial charge in [-0.25, -0.2) is 0 Å². The first-order chi connectivity index (χ1) is 10.1. The van der Waals surface area contributed by atoms with E-state index in [4.69, 9.17) is 22.1 Å². The smallest absolute Gasteiger partial charge is 0.141 e. The predicted octanol–water partition coefficient (Wildman–Crippen LogP) is 4.51. The highest BCUT2D eigenvalue weighted by atomic mass is 35.5. The number of para-hydroxylation sites is 1. The standard InChI is InChI=1S/C18H22ClNO/c1-3-16(20)11-14-9-6-10-17(19)18(14)21-12-15-8-5-4-7-13(15)2/h4-10,16H,3,11-12,20H2,1-2H3. The minimum atomic E-state index is 0.129. The van der Waals surface area contributed by atoms with Crippen LogP contribution in [0, 0.1) is 6.92 Å². The Morgan fingerprint density at radius 1 is 1.10 bits per heavy atom. The van der Waals surface area contributed by atoms with Crippen LogP contribution in [0.4, 0.5) is 0 Å². The fourth-order valence-electron chi connectivity index (χ4n) is 2.22. The molecular weight excluding hydrogens is 282 g/mol. The summed E-state index contributed by atoms with van der Waals surface area (Å²) in [5, 5.41) is 0.643. The first-order valence-corrected chi connectivity index (χ1v) is 7.70. The van der Waals surface area contributed by atoms with Gasteiger partial charge in [-0.3, -0.25) is 0 Å². The zero-order valence-electron chi connectivity index (χ0n) is 12.6. The second kappa shape index (κ2) is 7.48. The van der Waals surface area contributed by atoms with E-state index in [1.54, 1.807) is 0 Å². The van der Waals surface area contributed by atoms with Crippen molar-refractivity contribution in [1.29, 1.82) is 0 Å². The van der Waals surface area contributed by atoms with Gasteiger partial charge in [-0.05, 0) is 42.5 Å². The van der Waals surface area contributed by atoms with Gasteiger partial charge in [0, 0.05) is 6.04 Å². The lowest BCUT2D eigenvalue weighted by molar-refractivity contribution is 0.301. The molecule has 0 radical (unpaired) electrons. The van der Waals surface area contributed by atoms with Crippen LogP contribution in [0.2, 0.25) is 5.02 Å². The van der Waals surface area contributed by atoms with E-state index >= 15 is 0 Å². The van der Waals surface area contributed by atoms with Crippen molar-refractivity contribution in [2.75, 3.05) is 0 Å². The zero-order valence-corrected chi connectivity index (χ0v) is 13.4. The number of ether oxygens (including phenoxy) is 1. The molecule has 0 heterocycles. The van der Waals surface area contributed by atoms with Crippen molar-refractivity contribution in [3.05, 3.63) is 64.2 Å². The van der Waals surface area contributed by atoms with E-state index in [0.717, 1.165) is 24.2 Å². The molecule has 0 aliphatic rings. The minimum Gasteiger partial charge on any atom is -0.487 e. The van der Waals surface area contributed by atoms with Crippen molar-refractivity contribution in [2.45, 2.75) is 39.3 Å². The van der Waals surface area contributed by atoms with Crippen LogP contribution in [-0.4, -0.2) is 6.04 Å². The fraction of sp³-hybridized carbons (Fsp3) is 0.333. The van der Waals surface area contributed by atoms with Crippen LogP contribution in [0.1, 0.15) is 30.0 Å². The summed E-state index contributed by atoms with van der Waals surface area (Å²) in [6.45, 7) is 4.69. The first-order valence-electron chi connectivity index (χ1n) is 7.32. The molecule has 2 rings (SSSR count). The van der Waals surface area contributed by atoms with Gasteiger partial charge in [-0.2, -0.15) is 0 Å². The Kier molecular flexibility index (Phi) is 5.66. The maximum atomic E-state index is 6.30. The Labute approximate surface area is 131 Å². The maximum Gasteiger partial charge on any atom is 0.141 e. The predicted molar refractivity (Wildman–Crippen MR) is 88.9 cm³/mol. The van der Waals surface area contributed by atoms with Crippen LogP contribution in [0.5, 0.6) is 5.75 Å². The molecule has 0 amide bonds. The number of hydrogen-bond donors (Lipinski definition) is 1. The average Bonchev–Trinajstić information content (AvgIpc) is 2.48. The average molecular weight is 304 g/mol. The van der Waals surface area contributed by atoms with Gasteiger partial charge in [0.05, 0.1) is 5.02 Å². The van der Waals surface area contributed by atoms with Crippen molar-refractivity contribution >= 4 is 11.6 Å². The highest BCUT2D eigenvalue weighted by Crippen LogP contribution is 2.30. The highest BCUT2D eigenvalue weighted by molar-refractivity contribution is 6.32. The molecule has 112 valence electrons. The molecule has 0 aliphatic heterocycles. The summed E-state index contributed by atoms with van der Waals surface area (Å²) < 4.78 is 5.99. The SMILES string of the molecule is CCC(N)Cc1cccc(Cl)c1OCc1ccccc1C. The molecule has 2 nitrogen and oxygen atoms in total. The number of aryl methyl sites for hydroxylation is 1. The third-order valence-electron chi connectivity index (χ3n) is 3.69. The third kappa shape index (κ3) is 4.23. The summed E-state index contributed by atoms with van der Waals surface area (Å²) in [5.41, 5.74) is 9.52. The molecule has 0 bridgehead atoms. The monoisotopic (exact) mass is 303 g/mol. The van der Waals surface area contributed by atoms with E-state index in [0.29, 0.717) is 11.6 Å². The molecule has 2 aromatic rings. The molecule has 0 saturated heterocycles. The maximum absolute atomic E-state index is 6.30. The summed E-state index contributed by atoms with van der Waals surface area (Å²) in [6.07, 6.45) is 1.71. The summed E-state index contributed by atoms with van der Waals surface area (Å²) in [4.78, 5) is 0. The lowest BCUT2D eigenvalue weighted by Crippen LogP contribution is -2.21. The van der Waals surface area contributed by atoms with Gasteiger partial charge in [0.2, 0.25) is 0 Å². The first kappa shape index (κ1) is 15.9. The van der Waals surface area contributed by atoms with E-state index < -0.39 is 0 Å². The van der Waals surface area contributed by atoms with Gasteiger partial charge in [-0.1, -0.05) is 54.9 Å². The normalized spacial score (nSPS) is 12.2.